The van der Waals surface area contributed by atoms with Crippen LogP contribution in [0.2, 0.25) is 5.02 Å². The van der Waals surface area contributed by atoms with Crippen molar-refractivity contribution in [3.63, 3.8) is 0 Å². The Labute approximate surface area is 174 Å². The molecule has 1 aliphatic carbocycles. The number of ether oxygens (including phenoxy) is 1. The molecule has 5 heteroatoms. The Morgan fingerprint density at radius 1 is 1.03 bits per heavy atom. The van der Waals surface area contributed by atoms with Gasteiger partial charge in [0, 0.05) is 19.0 Å². The van der Waals surface area contributed by atoms with E-state index in [0.29, 0.717) is 31.1 Å². The molecule has 1 amide bonds. The van der Waals surface area contributed by atoms with Crippen LogP contribution in [-0.4, -0.2) is 29.3 Å². The Morgan fingerprint density at radius 2 is 1.69 bits per heavy atom. The molecule has 3 aromatic carbocycles. The molecule has 146 valence electrons. The first-order valence-electron chi connectivity index (χ1n) is 9.72. The first-order chi connectivity index (χ1) is 14.1. The van der Waals surface area contributed by atoms with Crippen molar-refractivity contribution < 1.29 is 14.6 Å². The van der Waals surface area contributed by atoms with Crippen molar-refractivity contribution in [3.05, 3.63) is 87.9 Å². The summed E-state index contributed by atoms with van der Waals surface area (Å²) in [5, 5.41) is 10.2. The number of hydrogen-bond donors (Lipinski definition) is 1. The fraction of sp³-hybridized carbons (Fsp3) is 0.208. The number of phenols is 1. The quantitative estimate of drug-likeness (QED) is 0.625. The third-order valence-electron chi connectivity index (χ3n) is 5.88. The predicted octanol–water partition coefficient (Wildman–Crippen LogP) is 5.35. The van der Waals surface area contributed by atoms with Crippen molar-refractivity contribution in [2.75, 3.05) is 13.2 Å². The van der Waals surface area contributed by atoms with Crippen LogP contribution in [0, 0.1) is 0 Å². The number of phenolic OH excluding ortho intramolecular Hbond substituents is 1. The van der Waals surface area contributed by atoms with Gasteiger partial charge in [-0.3, -0.25) is 0 Å². The Kier molecular flexibility index (Phi) is 4.44. The molecular weight excluding hydrogens is 386 g/mol. The normalized spacial score (nSPS) is 14.9. The third-order valence-corrected chi connectivity index (χ3v) is 6.18. The summed E-state index contributed by atoms with van der Waals surface area (Å²) in [7, 11) is 0. The molecular formula is C24H20ClNO3. The highest BCUT2D eigenvalue weighted by Crippen LogP contribution is 2.44. The van der Waals surface area contributed by atoms with Gasteiger partial charge in [-0.15, -0.1) is 0 Å². The minimum absolute atomic E-state index is 0.0415. The number of hydrogen-bond acceptors (Lipinski definition) is 3. The van der Waals surface area contributed by atoms with Gasteiger partial charge in [0.15, 0.2) is 0 Å². The number of amides is 1. The van der Waals surface area contributed by atoms with E-state index in [-0.39, 0.29) is 17.8 Å². The molecule has 0 radical (unpaired) electrons. The molecule has 0 aromatic heterocycles. The fourth-order valence-corrected chi connectivity index (χ4v) is 4.59. The summed E-state index contributed by atoms with van der Waals surface area (Å²) in [6.45, 7) is 1.30. The lowest BCUT2D eigenvalue weighted by Crippen LogP contribution is -2.37. The SMILES string of the molecule is O=C(OCC1c2ccccc2-c2ccccc21)N1CCc2cc(Cl)c(O)cc2C1. The maximum atomic E-state index is 12.8. The highest BCUT2D eigenvalue weighted by molar-refractivity contribution is 6.32. The first-order valence-corrected chi connectivity index (χ1v) is 10.1. The van der Waals surface area contributed by atoms with Crippen LogP contribution in [-0.2, 0) is 17.7 Å². The number of carbonyl (C=O) groups excluding carboxylic acids is 1. The number of nitrogens with zero attached hydrogens (tertiary/aromatic N) is 1. The summed E-state index contributed by atoms with van der Waals surface area (Å²) in [6.07, 6.45) is 0.367. The average molecular weight is 406 g/mol. The van der Waals surface area contributed by atoms with E-state index < -0.39 is 0 Å². The van der Waals surface area contributed by atoms with Crippen molar-refractivity contribution in [1.29, 1.82) is 0 Å². The largest absolute Gasteiger partial charge is 0.506 e. The van der Waals surface area contributed by atoms with E-state index >= 15 is 0 Å². The van der Waals surface area contributed by atoms with Crippen LogP contribution in [0.25, 0.3) is 11.1 Å². The number of benzene rings is 3. The summed E-state index contributed by atoms with van der Waals surface area (Å²) >= 11 is 5.99. The van der Waals surface area contributed by atoms with Crippen LogP contribution in [0.15, 0.2) is 60.7 Å². The van der Waals surface area contributed by atoms with E-state index in [9.17, 15) is 9.90 Å². The molecule has 5 rings (SSSR count). The van der Waals surface area contributed by atoms with Crippen LogP contribution < -0.4 is 0 Å². The molecule has 0 fully saturated rings. The van der Waals surface area contributed by atoms with Crippen molar-refractivity contribution in [2.45, 2.75) is 18.9 Å². The second kappa shape index (κ2) is 7.12. The molecule has 2 aliphatic rings. The molecule has 0 saturated heterocycles. The van der Waals surface area contributed by atoms with Crippen molar-refractivity contribution in [3.8, 4) is 16.9 Å². The topological polar surface area (TPSA) is 49.8 Å². The smallest absolute Gasteiger partial charge is 0.410 e. The van der Waals surface area contributed by atoms with Gasteiger partial charge in [0.1, 0.15) is 12.4 Å². The number of rotatable bonds is 2. The van der Waals surface area contributed by atoms with E-state index in [2.05, 4.69) is 24.3 Å². The molecule has 29 heavy (non-hydrogen) atoms. The summed E-state index contributed by atoms with van der Waals surface area (Å²) in [5.41, 5.74) is 6.80. The molecule has 0 unspecified atom stereocenters. The molecule has 0 saturated carbocycles. The summed E-state index contributed by atoms with van der Waals surface area (Å²) in [6, 6.07) is 20.0. The standard InChI is InChI=1S/C24H20ClNO3/c25-22-11-15-9-10-26(13-16(15)12-23(22)27)24(28)29-14-21-19-7-3-1-5-17(19)18-6-2-4-8-20(18)21/h1-8,11-12,21,27H,9-10,13-14H2. The molecule has 0 bridgehead atoms. The molecule has 0 spiro atoms. The Morgan fingerprint density at radius 3 is 2.38 bits per heavy atom. The Balaban J connectivity index is 1.32. The Bertz CT molecular complexity index is 1070. The summed E-state index contributed by atoms with van der Waals surface area (Å²) < 4.78 is 5.75. The predicted molar refractivity (Wildman–Crippen MR) is 112 cm³/mol. The maximum absolute atomic E-state index is 12.8. The summed E-state index contributed by atoms with van der Waals surface area (Å²) in [5.74, 6) is 0.0890. The number of carbonyl (C=O) groups is 1. The van der Waals surface area contributed by atoms with Gasteiger partial charge in [-0.05, 0) is 51.9 Å². The summed E-state index contributed by atoms with van der Waals surface area (Å²) in [4.78, 5) is 14.4. The van der Waals surface area contributed by atoms with Gasteiger partial charge in [-0.1, -0.05) is 60.1 Å². The zero-order valence-electron chi connectivity index (χ0n) is 15.8. The van der Waals surface area contributed by atoms with Gasteiger partial charge < -0.3 is 14.7 Å². The Hall–Kier alpha value is -2.98. The van der Waals surface area contributed by atoms with Gasteiger partial charge in [0.05, 0.1) is 5.02 Å². The highest BCUT2D eigenvalue weighted by Gasteiger charge is 2.30. The zero-order chi connectivity index (χ0) is 20.0. The van der Waals surface area contributed by atoms with Crippen molar-refractivity contribution >= 4 is 17.7 Å². The molecule has 1 N–H and O–H groups in total. The van der Waals surface area contributed by atoms with Gasteiger partial charge in [0.2, 0.25) is 0 Å². The lowest BCUT2D eigenvalue weighted by molar-refractivity contribution is 0.0953. The third kappa shape index (κ3) is 3.14. The van der Waals surface area contributed by atoms with E-state index in [1.807, 2.05) is 24.3 Å². The number of fused-ring (bicyclic) bond motifs is 4. The van der Waals surface area contributed by atoms with Gasteiger partial charge in [-0.25, -0.2) is 4.79 Å². The van der Waals surface area contributed by atoms with Gasteiger partial charge in [0.25, 0.3) is 0 Å². The second-order valence-corrected chi connectivity index (χ2v) is 7.96. The molecule has 3 aromatic rings. The van der Waals surface area contributed by atoms with E-state index in [1.165, 1.54) is 22.3 Å². The molecule has 1 heterocycles. The minimum atomic E-state index is -0.327. The lowest BCUT2D eigenvalue weighted by atomic mass is 9.98. The van der Waals surface area contributed by atoms with Crippen molar-refractivity contribution in [1.82, 2.24) is 4.90 Å². The number of halogens is 1. The number of aromatic hydroxyl groups is 1. The molecule has 4 nitrogen and oxygen atoms in total. The van der Waals surface area contributed by atoms with Crippen LogP contribution in [0.4, 0.5) is 4.79 Å². The van der Waals surface area contributed by atoms with Gasteiger partial charge in [-0.2, -0.15) is 0 Å². The maximum Gasteiger partial charge on any atom is 0.410 e. The fourth-order valence-electron chi connectivity index (χ4n) is 4.41. The molecule has 1 aliphatic heterocycles. The van der Waals surface area contributed by atoms with Crippen molar-refractivity contribution in [2.24, 2.45) is 0 Å². The second-order valence-electron chi connectivity index (χ2n) is 7.55. The van der Waals surface area contributed by atoms with Gasteiger partial charge >= 0.3 is 6.09 Å². The van der Waals surface area contributed by atoms with E-state index in [0.717, 1.165) is 11.1 Å². The van der Waals surface area contributed by atoms with Crippen LogP contribution in [0.3, 0.4) is 0 Å². The monoisotopic (exact) mass is 405 g/mol. The van der Waals surface area contributed by atoms with E-state index in [4.69, 9.17) is 16.3 Å². The zero-order valence-corrected chi connectivity index (χ0v) is 16.5. The highest BCUT2D eigenvalue weighted by atomic mass is 35.5. The minimum Gasteiger partial charge on any atom is -0.506 e. The lowest BCUT2D eigenvalue weighted by Gasteiger charge is -2.29. The van der Waals surface area contributed by atoms with Crippen LogP contribution >= 0.6 is 11.6 Å². The molecule has 0 atom stereocenters. The van der Waals surface area contributed by atoms with Crippen LogP contribution in [0.5, 0.6) is 5.75 Å². The first kappa shape index (κ1) is 18.1. The van der Waals surface area contributed by atoms with Crippen LogP contribution in [0.1, 0.15) is 28.2 Å². The average Bonchev–Trinajstić information content (AvgIpc) is 3.06. The van der Waals surface area contributed by atoms with E-state index in [1.54, 1.807) is 17.0 Å².